The Morgan fingerprint density at radius 1 is 1.17 bits per heavy atom. The van der Waals surface area contributed by atoms with Gasteiger partial charge in [-0.25, -0.2) is 9.97 Å². The van der Waals surface area contributed by atoms with Crippen molar-refractivity contribution < 1.29 is 9.90 Å². The molecular weight excluding hydrogens is 366 g/mol. The summed E-state index contributed by atoms with van der Waals surface area (Å²) in [6, 6.07) is 9.70. The number of β-amino-alcohol motifs (C(OH)–C–C–N with tert-alkyl or cyclic N) is 1. The van der Waals surface area contributed by atoms with Gasteiger partial charge in [0, 0.05) is 43.5 Å². The summed E-state index contributed by atoms with van der Waals surface area (Å²) in [6.07, 6.45) is 4.68. The Kier molecular flexibility index (Phi) is 5.78. The Hall–Kier alpha value is -2.51. The lowest BCUT2D eigenvalue weighted by Crippen LogP contribution is -2.45. The van der Waals surface area contributed by atoms with Crippen LogP contribution in [0.1, 0.15) is 40.9 Å². The molecule has 1 aromatic carbocycles. The molecule has 0 aliphatic carbocycles. The molecule has 2 aliphatic heterocycles. The molecule has 154 valence electrons. The molecule has 3 heterocycles. The molecule has 2 fully saturated rings. The lowest BCUT2D eigenvalue weighted by atomic mass is 10.0. The Bertz CT molecular complexity index is 851. The molecular formula is C22H29N5O2. The molecule has 2 aliphatic rings. The number of nitrogens with one attached hydrogen (secondary N) is 1. The summed E-state index contributed by atoms with van der Waals surface area (Å²) in [5.74, 6) is 0.663. The van der Waals surface area contributed by atoms with Gasteiger partial charge in [0.1, 0.15) is 17.7 Å². The van der Waals surface area contributed by atoms with E-state index in [1.54, 1.807) is 0 Å². The minimum atomic E-state index is -0.954. The first-order valence-electron chi connectivity index (χ1n) is 10.4. The second-order valence-electron chi connectivity index (χ2n) is 8.28. The van der Waals surface area contributed by atoms with Gasteiger partial charge in [0.25, 0.3) is 5.91 Å². The van der Waals surface area contributed by atoms with E-state index in [4.69, 9.17) is 0 Å². The topological polar surface area (TPSA) is 81.6 Å². The predicted octanol–water partition coefficient (Wildman–Crippen LogP) is 1.75. The number of hydrogen-bond acceptors (Lipinski definition) is 6. The quantitative estimate of drug-likeness (QED) is 0.776. The molecule has 29 heavy (non-hydrogen) atoms. The number of aliphatic hydroxyl groups is 1. The molecule has 1 atom stereocenters. The van der Waals surface area contributed by atoms with Crippen molar-refractivity contribution in [2.45, 2.75) is 38.3 Å². The zero-order valence-electron chi connectivity index (χ0n) is 17.0. The first-order valence-corrected chi connectivity index (χ1v) is 10.4. The van der Waals surface area contributed by atoms with E-state index in [-0.39, 0.29) is 12.5 Å². The molecule has 2 aromatic rings. The number of benzene rings is 1. The van der Waals surface area contributed by atoms with Crippen LogP contribution in [0.25, 0.3) is 0 Å². The molecule has 0 radical (unpaired) electrons. The largest absolute Gasteiger partial charge is 0.386 e. The van der Waals surface area contributed by atoms with Crippen molar-refractivity contribution in [3.8, 4) is 0 Å². The van der Waals surface area contributed by atoms with Gasteiger partial charge < -0.3 is 15.3 Å². The maximum absolute atomic E-state index is 12.5. The molecule has 2 N–H and O–H groups in total. The van der Waals surface area contributed by atoms with E-state index in [2.05, 4.69) is 20.2 Å². The van der Waals surface area contributed by atoms with Gasteiger partial charge in [0.2, 0.25) is 0 Å². The molecule has 1 amide bonds. The van der Waals surface area contributed by atoms with E-state index in [0.717, 1.165) is 31.1 Å². The highest BCUT2D eigenvalue weighted by Gasteiger charge is 2.37. The van der Waals surface area contributed by atoms with Crippen LogP contribution >= 0.6 is 0 Å². The van der Waals surface area contributed by atoms with E-state index in [0.29, 0.717) is 25.1 Å². The molecule has 1 aromatic heterocycles. The number of hydrogen-bond donors (Lipinski definition) is 2. The third-order valence-electron chi connectivity index (χ3n) is 5.84. The van der Waals surface area contributed by atoms with Crippen LogP contribution in [0.3, 0.4) is 0 Å². The highest BCUT2D eigenvalue weighted by atomic mass is 16.3. The molecule has 1 unspecified atom stereocenters. The summed E-state index contributed by atoms with van der Waals surface area (Å²) in [4.78, 5) is 25.4. The second-order valence-corrected chi connectivity index (χ2v) is 8.28. The maximum atomic E-state index is 12.5. The van der Waals surface area contributed by atoms with Crippen LogP contribution in [0.15, 0.2) is 36.7 Å². The predicted molar refractivity (Wildman–Crippen MR) is 112 cm³/mol. The summed E-state index contributed by atoms with van der Waals surface area (Å²) in [5.41, 5.74) is 1.80. The second kappa shape index (κ2) is 8.47. The molecule has 0 saturated carbocycles. The van der Waals surface area contributed by atoms with Crippen molar-refractivity contribution in [3.05, 3.63) is 53.5 Å². The van der Waals surface area contributed by atoms with Gasteiger partial charge in [-0.1, -0.05) is 12.1 Å². The van der Waals surface area contributed by atoms with Crippen LogP contribution in [-0.4, -0.2) is 64.2 Å². The Labute approximate surface area is 171 Å². The van der Waals surface area contributed by atoms with Gasteiger partial charge in [-0.2, -0.15) is 0 Å². The molecule has 7 nitrogen and oxygen atoms in total. The number of amides is 1. The number of rotatable bonds is 6. The molecule has 7 heteroatoms. The smallest absolute Gasteiger partial charge is 0.251 e. The van der Waals surface area contributed by atoms with Gasteiger partial charge >= 0.3 is 0 Å². The first kappa shape index (κ1) is 19.8. The van der Waals surface area contributed by atoms with Crippen molar-refractivity contribution in [2.75, 3.05) is 37.6 Å². The monoisotopic (exact) mass is 395 g/mol. The lowest BCUT2D eigenvalue weighted by molar-refractivity contribution is 0.0575. The maximum Gasteiger partial charge on any atom is 0.251 e. The third-order valence-corrected chi connectivity index (χ3v) is 5.84. The Morgan fingerprint density at radius 3 is 2.66 bits per heavy atom. The van der Waals surface area contributed by atoms with E-state index in [1.807, 2.05) is 42.2 Å². The van der Waals surface area contributed by atoms with Crippen molar-refractivity contribution in [1.29, 1.82) is 0 Å². The summed E-state index contributed by atoms with van der Waals surface area (Å²) in [7, 11) is 0. The van der Waals surface area contributed by atoms with Crippen molar-refractivity contribution >= 4 is 11.7 Å². The van der Waals surface area contributed by atoms with Crippen LogP contribution in [0.5, 0.6) is 0 Å². The van der Waals surface area contributed by atoms with Crippen LogP contribution < -0.4 is 10.2 Å². The van der Waals surface area contributed by atoms with E-state index >= 15 is 0 Å². The van der Waals surface area contributed by atoms with E-state index < -0.39 is 5.60 Å². The number of anilines is 1. The minimum absolute atomic E-state index is 0.150. The van der Waals surface area contributed by atoms with E-state index in [1.165, 1.54) is 24.7 Å². The number of aryl methyl sites for hydroxylation is 1. The third kappa shape index (κ3) is 4.92. The fraction of sp³-hybridized carbons (Fsp3) is 0.500. The van der Waals surface area contributed by atoms with Gasteiger partial charge in [0.05, 0.1) is 0 Å². The zero-order chi connectivity index (χ0) is 20.3. The van der Waals surface area contributed by atoms with Crippen LogP contribution in [0, 0.1) is 6.92 Å². The summed E-state index contributed by atoms with van der Waals surface area (Å²) >= 11 is 0. The summed E-state index contributed by atoms with van der Waals surface area (Å²) in [6.45, 7) is 6.55. The average Bonchev–Trinajstić information content (AvgIpc) is 3.37. The molecule has 2 saturated heterocycles. The number of carbonyl (C=O) groups excluding carboxylic acids is 1. The number of carbonyl (C=O) groups is 1. The van der Waals surface area contributed by atoms with Crippen LogP contribution in [0.4, 0.5) is 5.82 Å². The van der Waals surface area contributed by atoms with Gasteiger partial charge in [-0.05, 0) is 57.0 Å². The number of nitrogens with zero attached hydrogens (tertiary/aromatic N) is 4. The highest BCUT2D eigenvalue weighted by molar-refractivity contribution is 5.94. The van der Waals surface area contributed by atoms with Crippen molar-refractivity contribution in [1.82, 2.24) is 20.2 Å². The summed E-state index contributed by atoms with van der Waals surface area (Å²) < 4.78 is 0. The van der Waals surface area contributed by atoms with Crippen LogP contribution in [-0.2, 0) is 6.54 Å². The zero-order valence-corrected chi connectivity index (χ0v) is 17.0. The lowest BCUT2D eigenvalue weighted by Gasteiger charge is -2.24. The minimum Gasteiger partial charge on any atom is -0.386 e. The van der Waals surface area contributed by atoms with Crippen molar-refractivity contribution in [3.63, 3.8) is 0 Å². The average molecular weight is 396 g/mol. The van der Waals surface area contributed by atoms with Gasteiger partial charge in [-0.3, -0.25) is 9.69 Å². The Morgan fingerprint density at radius 2 is 1.93 bits per heavy atom. The number of likely N-dealkylation sites (tertiary alicyclic amines) is 1. The first-order chi connectivity index (χ1) is 14.0. The molecule has 0 bridgehead atoms. The van der Waals surface area contributed by atoms with Crippen LogP contribution in [0.2, 0.25) is 0 Å². The standard InChI is InChI=1S/C22H29N5O2/c1-17-12-20(25-16-24-17)27-11-8-22(29,15-27)14-23-21(28)19-6-4-18(5-7-19)13-26-9-2-3-10-26/h4-7,12,16,29H,2-3,8-11,13-15H2,1H3,(H,23,28). The Balaban J connectivity index is 1.29. The fourth-order valence-electron chi connectivity index (χ4n) is 4.12. The molecule has 4 rings (SSSR count). The van der Waals surface area contributed by atoms with Gasteiger partial charge in [-0.15, -0.1) is 0 Å². The normalized spacial score (nSPS) is 22.2. The van der Waals surface area contributed by atoms with Crippen molar-refractivity contribution in [2.24, 2.45) is 0 Å². The highest BCUT2D eigenvalue weighted by Crippen LogP contribution is 2.25. The van der Waals surface area contributed by atoms with Gasteiger partial charge in [0.15, 0.2) is 0 Å². The number of aromatic nitrogens is 2. The summed E-state index contributed by atoms with van der Waals surface area (Å²) in [5, 5.41) is 13.8. The van der Waals surface area contributed by atoms with E-state index in [9.17, 15) is 9.90 Å². The SMILES string of the molecule is Cc1cc(N2CCC(O)(CNC(=O)c3ccc(CN4CCCC4)cc3)C2)ncn1. The fourth-order valence-corrected chi connectivity index (χ4v) is 4.12. The molecule has 0 spiro atoms.